The van der Waals surface area contributed by atoms with Crippen molar-refractivity contribution < 1.29 is 18.7 Å². The van der Waals surface area contributed by atoms with Crippen molar-refractivity contribution in [3.05, 3.63) is 29.8 Å². The van der Waals surface area contributed by atoms with Crippen molar-refractivity contribution in [3.63, 3.8) is 0 Å². The van der Waals surface area contributed by atoms with Gasteiger partial charge >= 0.3 is 5.97 Å². The van der Waals surface area contributed by atoms with Gasteiger partial charge < -0.3 is 9.64 Å². The maximum Gasteiger partial charge on any atom is 0.328 e. The molecule has 2 rings (SSSR count). The van der Waals surface area contributed by atoms with Crippen LogP contribution in [0.5, 0.6) is 0 Å². The quantitative estimate of drug-likeness (QED) is 0.759. The number of likely N-dealkylation sites (tertiary alicyclic amines) is 1. The Morgan fingerprint density at radius 2 is 2.21 bits per heavy atom. The largest absolute Gasteiger partial charge is 0.467 e. The molecule has 0 bridgehead atoms. The highest BCUT2D eigenvalue weighted by Crippen LogP contribution is 2.20. The minimum Gasteiger partial charge on any atom is -0.467 e. The van der Waals surface area contributed by atoms with Gasteiger partial charge in [-0.15, -0.1) is 0 Å². The molecule has 0 saturated carbocycles. The Kier molecular flexibility index (Phi) is 4.09. The van der Waals surface area contributed by atoms with Crippen molar-refractivity contribution in [1.29, 1.82) is 0 Å². The predicted octanol–water partition coefficient (Wildman–Crippen LogP) is 1.39. The zero-order valence-electron chi connectivity index (χ0n) is 10.6. The molecule has 2 heterocycles. The third-order valence-electron chi connectivity index (χ3n) is 3.19. The summed E-state index contributed by atoms with van der Waals surface area (Å²) >= 11 is 0. The van der Waals surface area contributed by atoms with Gasteiger partial charge in [0.25, 0.3) is 5.91 Å². The molecule has 6 heteroatoms. The molecule has 0 aromatic carbocycles. The molecule has 0 radical (unpaired) electrons. The van der Waals surface area contributed by atoms with E-state index in [0.717, 1.165) is 25.1 Å². The van der Waals surface area contributed by atoms with Gasteiger partial charge in [-0.1, -0.05) is 0 Å². The lowest BCUT2D eigenvalue weighted by Crippen LogP contribution is -2.48. The van der Waals surface area contributed by atoms with Crippen LogP contribution in [-0.4, -0.2) is 41.5 Å². The number of carbonyl (C=O) groups excluding carboxylic acids is 2. The number of rotatable bonds is 2. The molecule has 1 saturated heterocycles. The SMILES string of the molecule is COC(=O)[C@H]1CCCCN1C(=O)c1cncc(F)c1. The van der Waals surface area contributed by atoms with E-state index in [0.29, 0.717) is 13.0 Å². The molecule has 0 aliphatic carbocycles. The topological polar surface area (TPSA) is 59.5 Å². The molecule has 1 aliphatic heterocycles. The highest BCUT2D eigenvalue weighted by Gasteiger charge is 2.33. The monoisotopic (exact) mass is 266 g/mol. The van der Waals surface area contributed by atoms with Crippen LogP contribution < -0.4 is 0 Å². The number of amides is 1. The summed E-state index contributed by atoms with van der Waals surface area (Å²) in [5.74, 6) is -1.39. The van der Waals surface area contributed by atoms with Gasteiger partial charge in [0.15, 0.2) is 0 Å². The molecule has 1 aromatic heterocycles. The second-order valence-electron chi connectivity index (χ2n) is 4.43. The summed E-state index contributed by atoms with van der Waals surface area (Å²) in [6, 6.07) is 0.535. The summed E-state index contributed by atoms with van der Waals surface area (Å²) in [5.41, 5.74) is 0.149. The maximum absolute atomic E-state index is 13.1. The Hall–Kier alpha value is -1.98. The van der Waals surface area contributed by atoms with Crippen molar-refractivity contribution in [2.45, 2.75) is 25.3 Å². The van der Waals surface area contributed by atoms with Crippen LogP contribution in [0.1, 0.15) is 29.6 Å². The summed E-state index contributed by atoms with van der Waals surface area (Å²) < 4.78 is 17.8. The van der Waals surface area contributed by atoms with Gasteiger partial charge in [-0.3, -0.25) is 9.78 Å². The predicted molar refractivity (Wildman–Crippen MR) is 64.9 cm³/mol. The molecule has 0 N–H and O–H groups in total. The van der Waals surface area contributed by atoms with E-state index in [1.54, 1.807) is 0 Å². The van der Waals surface area contributed by atoms with Crippen LogP contribution in [0.15, 0.2) is 18.5 Å². The lowest BCUT2D eigenvalue weighted by atomic mass is 10.0. The second-order valence-corrected chi connectivity index (χ2v) is 4.43. The molecule has 1 amide bonds. The molecule has 5 nitrogen and oxygen atoms in total. The second kappa shape index (κ2) is 5.77. The van der Waals surface area contributed by atoms with Crippen LogP contribution in [0.4, 0.5) is 4.39 Å². The number of nitrogens with zero attached hydrogens (tertiary/aromatic N) is 2. The molecule has 1 fully saturated rings. The standard InChI is InChI=1S/C13H15FN2O3/c1-19-13(18)11-4-2-3-5-16(11)12(17)9-6-10(14)8-15-7-9/h6-8,11H,2-5H2,1H3/t11-/m1/s1. The third-order valence-corrected chi connectivity index (χ3v) is 3.19. The number of pyridine rings is 1. The minimum atomic E-state index is -0.588. The third kappa shape index (κ3) is 2.89. The molecular weight excluding hydrogens is 251 g/mol. The van der Waals surface area contributed by atoms with Crippen molar-refractivity contribution >= 4 is 11.9 Å². The van der Waals surface area contributed by atoms with Gasteiger partial charge in [-0.05, 0) is 25.3 Å². The van der Waals surface area contributed by atoms with Gasteiger partial charge in [-0.25, -0.2) is 9.18 Å². The normalized spacial score (nSPS) is 19.1. The number of aromatic nitrogens is 1. The molecular formula is C13H15FN2O3. The molecule has 0 unspecified atom stereocenters. The van der Waals surface area contributed by atoms with Crippen molar-refractivity contribution in [2.24, 2.45) is 0 Å². The van der Waals surface area contributed by atoms with Crippen LogP contribution in [-0.2, 0) is 9.53 Å². The van der Waals surface area contributed by atoms with Crippen molar-refractivity contribution in [2.75, 3.05) is 13.7 Å². The zero-order chi connectivity index (χ0) is 13.8. The maximum atomic E-state index is 13.1. The van der Waals surface area contributed by atoms with E-state index in [2.05, 4.69) is 4.98 Å². The fourth-order valence-electron chi connectivity index (χ4n) is 2.25. The number of methoxy groups -OCH3 is 1. The molecule has 1 aromatic rings. The number of hydrogen-bond donors (Lipinski definition) is 0. The van der Waals surface area contributed by atoms with E-state index < -0.39 is 17.8 Å². The van der Waals surface area contributed by atoms with E-state index in [-0.39, 0.29) is 11.5 Å². The highest BCUT2D eigenvalue weighted by atomic mass is 19.1. The highest BCUT2D eigenvalue weighted by molar-refractivity contribution is 5.96. The van der Waals surface area contributed by atoms with Crippen LogP contribution in [0.2, 0.25) is 0 Å². The summed E-state index contributed by atoms with van der Waals surface area (Å²) in [7, 11) is 1.29. The number of carbonyl (C=O) groups is 2. The number of hydrogen-bond acceptors (Lipinski definition) is 4. The number of ether oxygens (including phenoxy) is 1. The van der Waals surface area contributed by atoms with Crippen LogP contribution in [0, 0.1) is 5.82 Å². The Labute approximate surface area is 110 Å². The van der Waals surface area contributed by atoms with Crippen LogP contribution in [0.3, 0.4) is 0 Å². The van der Waals surface area contributed by atoms with E-state index in [1.807, 2.05) is 0 Å². The molecule has 1 aliphatic rings. The fraction of sp³-hybridized carbons (Fsp3) is 0.462. The van der Waals surface area contributed by atoms with Gasteiger partial charge in [0.1, 0.15) is 11.9 Å². The Morgan fingerprint density at radius 3 is 2.89 bits per heavy atom. The average Bonchev–Trinajstić information content (AvgIpc) is 2.45. The Morgan fingerprint density at radius 1 is 1.42 bits per heavy atom. The van der Waals surface area contributed by atoms with E-state index in [1.165, 1.54) is 18.2 Å². The van der Waals surface area contributed by atoms with Crippen molar-refractivity contribution in [1.82, 2.24) is 9.88 Å². The van der Waals surface area contributed by atoms with E-state index in [9.17, 15) is 14.0 Å². The lowest BCUT2D eigenvalue weighted by Gasteiger charge is -2.33. The first kappa shape index (κ1) is 13.5. The van der Waals surface area contributed by atoms with Gasteiger partial charge in [-0.2, -0.15) is 0 Å². The van der Waals surface area contributed by atoms with Crippen molar-refractivity contribution in [3.8, 4) is 0 Å². The summed E-state index contributed by atoms with van der Waals surface area (Å²) in [6.07, 6.45) is 4.59. The first-order chi connectivity index (χ1) is 9.13. The number of halogens is 1. The molecule has 102 valence electrons. The Bertz CT molecular complexity index is 493. The minimum absolute atomic E-state index is 0.149. The smallest absolute Gasteiger partial charge is 0.328 e. The first-order valence-electron chi connectivity index (χ1n) is 6.13. The first-order valence-corrected chi connectivity index (χ1v) is 6.13. The molecule has 1 atom stereocenters. The Balaban J connectivity index is 2.22. The lowest BCUT2D eigenvalue weighted by molar-refractivity contribution is -0.147. The summed E-state index contributed by atoms with van der Waals surface area (Å²) in [6.45, 7) is 0.467. The summed E-state index contributed by atoms with van der Waals surface area (Å²) in [4.78, 5) is 29.1. The molecule has 19 heavy (non-hydrogen) atoms. The summed E-state index contributed by atoms with van der Waals surface area (Å²) in [5, 5.41) is 0. The van der Waals surface area contributed by atoms with Gasteiger partial charge in [0.2, 0.25) is 0 Å². The fourth-order valence-corrected chi connectivity index (χ4v) is 2.25. The van der Waals surface area contributed by atoms with Crippen LogP contribution >= 0.6 is 0 Å². The van der Waals surface area contributed by atoms with E-state index >= 15 is 0 Å². The van der Waals surface area contributed by atoms with Gasteiger partial charge in [0.05, 0.1) is 18.9 Å². The number of esters is 1. The van der Waals surface area contributed by atoms with E-state index in [4.69, 9.17) is 4.74 Å². The van der Waals surface area contributed by atoms with Gasteiger partial charge in [0, 0.05) is 12.7 Å². The average molecular weight is 266 g/mol. The number of piperidine rings is 1. The zero-order valence-corrected chi connectivity index (χ0v) is 10.6. The molecule has 0 spiro atoms. The van der Waals surface area contributed by atoms with Crippen LogP contribution in [0.25, 0.3) is 0 Å².